The lowest BCUT2D eigenvalue weighted by molar-refractivity contribution is -0.138. The molecule has 19 heavy (non-hydrogen) atoms. The van der Waals surface area contributed by atoms with Gasteiger partial charge in [-0.3, -0.25) is 9.59 Å². The fourth-order valence-corrected chi connectivity index (χ4v) is 1.42. The summed E-state index contributed by atoms with van der Waals surface area (Å²) in [6.45, 7) is 5.15. The lowest BCUT2D eigenvalue weighted by Gasteiger charge is -2.31. The van der Waals surface area contributed by atoms with E-state index in [1.54, 1.807) is 34.9 Å². The SMILES string of the molecule is CCN(CC(=O)N(C)C)C(=O)N(CC(=O)O)C(C)C. The van der Waals surface area contributed by atoms with Crippen LogP contribution < -0.4 is 0 Å². The van der Waals surface area contributed by atoms with E-state index in [9.17, 15) is 14.4 Å². The molecule has 7 heteroatoms. The second-order valence-electron chi connectivity index (χ2n) is 4.70. The molecule has 0 aromatic heterocycles. The van der Waals surface area contributed by atoms with Crippen molar-refractivity contribution in [2.45, 2.75) is 26.8 Å². The van der Waals surface area contributed by atoms with Crippen molar-refractivity contribution in [1.82, 2.24) is 14.7 Å². The summed E-state index contributed by atoms with van der Waals surface area (Å²) in [5, 5.41) is 8.82. The fraction of sp³-hybridized carbons (Fsp3) is 0.750. The van der Waals surface area contributed by atoms with Crippen molar-refractivity contribution in [3.05, 3.63) is 0 Å². The number of carboxylic acids is 1. The van der Waals surface area contributed by atoms with E-state index in [1.165, 1.54) is 14.7 Å². The molecule has 0 radical (unpaired) electrons. The minimum atomic E-state index is -1.07. The van der Waals surface area contributed by atoms with E-state index in [4.69, 9.17) is 5.11 Å². The molecule has 7 nitrogen and oxygen atoms in total. The summed E-state index contributed by atoms with van der Waals surface area (Å²) in [4.78, 5) is 38.6. The highest BCUT2D eigenvalue weighted by Gasteiger charge is 2.25. The van der Waals surface area contributed by atoms with Crippen LogP contribution in [0.4, 0.5) is 4.79 Å². The molecule has 0 fully saturated rings. The maximum Gasteiger partial charge on any atom is 0.323 e. The monoisotopic (exact) mass is 273 g/mol. The molecular weight excluding hydrogens is 250 g/mol. The summed E-state index contributed by atoms with van der Waals surface area (Å²) in [5.74, 6) is -1.27. The van der Waals surface area contributed by atoms with Crippen LogP contribution in [0.1, 0.15) is 20.8 Å². The molecule has 0 aliphatic rings. The van der Waals surface area contributed by atoms with E-state index in [2.05, 4.69) is 0 Å². The van der Waals surface area contributed by atoms with Gasteiger partial charge < -0.3 is 19.8 Å². The number of aliphatic carboxylic acids is 1. The summed E-state index contributed by atoms with van der Waals surface area (Å²) in [5.41, 5.74) is 0. The number of likely N-dealkylation sites (N-methyl/N-ethyl adjacent to an activating group) is 2. The number of urea groups is 1. The van der Waals surface area contributed by atoms with Crippen LogP contribution in [0, 0.1) is 0 Å². The predicted molar refractivity (Wildman–Crippen MR) is 70.8 cm³/mol. The zero-order chi connectivity index (χ0) is 15.2. The summed E-state index contributed by atoms with van der Waals surface area (Å²) in [6.07, 6.45) is 0. The first kappa shape index (κ1) is 17.2. The molecule has 0 saturated carbocycles. The number of amides is 3. The van der Waals surface area contributed by atoms with Gasteiger partial charge in [0.2, 0.25) is 5.91 Å². The van der Waals surface area contributed by atoms with E-state index in [0.29, 0.717) is 6.54 Å². The molecule has 0 aliphatic carbocycles. The smallest absolute Gasteiger partial charge is 0.323 e. The van der Waals surface area contributed by atoms with Gasteiger partial charge >= 0.3 is 12.0 Å². The lowest BCUT2D eigenvalue weighted by atomic mass is 10.3. The Hall–Kier alpha value is -1.79. The van der Waals surface area contributed by atoms with Crippen molar-refractivity contribution in [3.63, 3.8) is 0 Å². The molecule has 0 aromatic rings. The number of carboxylic acid groups (broad SMARTS) is 1. The molecule has 0 rings (SSSR count). The van der Waals surface area contributed by atoms with Crippen molar-refractivity contribution >= 4 is 17.9 Å². The summed E-state index contributed by atoms with van der Waals surface area (Å²) < 4.78 is 0. The first-order valence-corrected chi connectivity index (χ1v) is 6.18. The van der Waals surface area contributed by atoms with E-state index in [-0.39, 0.29) is 25.0 Å². The molecule has 0 bridgehead atoms. The van der Waals surface area contributed by atoms with Gasteiger partial charge in [0.15, 0.2) is 0 Å². The van der Waals surface area contributed by atoms with Crippen molar-refractivity contribution in [1.29, 1.82) is 0 Å². The molecule has 1 N–H and O–H groups in total. The molecule has 0 heterocycles. The number of carbonyl (C=O) groups excluding carboxylic acids is 2. The lowest BCUT2D eigenvalue weighted by Crippen LogP contribution is -2.50. The van der Waals surface area contributed by atoms with Gasteiger partial charge in [0.05, 0.1) is 0 Å². The Bertz CT molecular complexity index is 342. The highest BCUT2D eigenvalue weighted by atomic mass is 16.4. The number of nitrogens with zero attached hydrogens (tertiary/aromatic N) is 3. The normalized spacial score (nSPS) is 10.2. The topological polar surface area (TPSA) is 81.2 Å². The average Bonchev–Trinajstić information content (AvgIpc) is 2.31. The quantitative estimate of drug-likeness (QED) is 0.755. The van der Waals surface area contributed by atoms with E-state index < -0.39 is 12.0 Å². The van der Waals surface area contributed by atoms with Crippen LogP contribution in [-0.4, -0.2) is 77.5 Å². The molecule has 0 saturated heterocycles. The second kappa shape index (κ2) is 7.60. The van der Waals surface area contributed by atoms with Crippen LogP contribution in [0.15, 0.2) is 0 Å². The Labute approximate surface area is 113 Å². The number of carbonyl (C=O) groups is 3. The highest BCUT2D eigenvalue weighted by molar-refractivity contribution is 5.85. The zero-order valence-corrected chi connectivity index (χ0v) is 12.2. The average molecular weight is 273 g/mol. The van der Waals surface area contributed by atoms with Gasteiger partial charge in [-0.05, 0) is 20.8 Å². The van der Waals surface area contributed by atoms with Crippen LogP contribution in [0.25, 0.3) is 0 Å². The first-order valence-electron chi connectivity index (χ1n) is 6.18. The van der Waals surface area contributed by atoms with Gasteiger partial charge in [-0.15, -0.1) is 0 Å². The maximum absolute atomic E-state index is 12.2. The van der Waals surface area contributed by atoms with Crippen molar-refractivity contribution in [2.24, 2.45) is 0 Å². The number of rotatable bonds is 6. The Kier molecular flexibility index (Phi) is 6.89. The number of hydrogen-bond acceptors (Lipinski definition) is 3. The van der Waals surface area contributed by atoms with Crippen LogP contribution in [-0.2, 0) is 9.59 Å². The minimum Gasteiger partial charge on any atom is -0.480 e. The molecule has 110 valence electrons. The second-order valence-corrected chi connectivity index (χ2v) is 4.70. The van der Waals surface area contributed by atoms with Gasteiger partial charge in [0.25, 0.3) is 0 Å². The minimum absolute atomic E-state index is 0.0504. The molecule has 0 spiro atoms. The highest BCUT2D eigenvalue weighted by Crippen LogP contribution is 2.05. The fourth-order valence-electron chi connectivity index (χ4n) is 1.42. The van der Waals surface area contributed by atoms with Gasteiger partial charge in [-0.1, -0.05) is 0 Å². The van der Waals surface area contributed by atoms with Gasteiger partial charge in [-0.25, -0.2) is 4.79 Å². The van der Waals surface area contributed by atoms with Gasteiger partial charge in [0.1, 0.15) is 13.1 Å². The Balaban J connectivity index is 4.87. The van der Waals surface area contributed by atoms with E-state index >= 15 is 0 Å². The van der Waals surface area contributed by atoms with Crippen LogP contribution in [0.3, 0.4) is 0 Å². The molecule has 0 aliphatic heterocycles. The Morgan fingerprint density at radius 1 is 1.11 bits per heavy atom. The largest absolute Gasteiger partial charge is 0.480 e. The maximum atomic E-state index is 12.2. The standard InChI is InChI=1S/C12H23N3O4/c1-6-14(7-10(16)13(4)5)12(19)15(9(2)3)8-11(17)18/h9H,6-8H2,1-5H3,(H,17,18). The van der Waals surface area contributed by atoms with E-state index in [0.717, 1.165) is 0 Å². The third-order valence-corrected chi connectivity index (χ3v) is 2.65. The van der Waals surface area contributed by atoms with Crippen molar-refractivity contribution < 1.29 is 19.5 Å². The zero-order valence-electron chi connectivity index (χ0n) is 12.2. The molecule has 0 aromatic carbocycles. The van der Waals surface area contributed by atoms with Crippen LogP contribution in [0.2, 0.25) is 0 Å². The summed E-state index contributed by atoms with van der Waals surface area (Å²) in [7, 11) is 3.22. The molecule has 3 amide bonds. The van der Waals surface area contributed by atoms with Gasteiger partial charge in [0, 0.05) is 26.7 Å². The first-order chi connectivity index (χ1) is 8.70. The molecule has 0 atom stereocenters. The Morgan fingerprint density at radius 2 is 1.63 bits per heavy atom. The molecule has 0 unspecified atom stereocenters. The van der Waals surface area contributed by atoms with E-state index in [1.807, 2.05) is 0 Å². The third-order valence-electron chi connectivity index (χ3n) is 2.65. The predicted octanol–water partition coefficient (Wildman–Crippen LogP) is 0.312. The molecular formula is C12H23N3O4. The van der Waals surface area contributed by atoms with Gasteiger partial charge in [-0.2, -0.15) is 0 Å². The third kappa shape index (κ3) is 5.58. The summed E-state index contributed by atoms with van der Waals surface area (Å²) in [6, 6.07) is -0.679. The van der Waals surface area contributed by atoms with Crippen LogP contribution in [0.5, 0.6) is 0 Å². The Morgan fingerprint density at radius 3 is 1.95 bits per heavy atom. The number of hydrogen-bond donors (Lipinski definition) is 1. The van der Waals surface area contributed by atoms with Crippen molar-refractivity contribution in [3.8, 4) is 0 Å². The van der Waals surface area contributed by atoms with Crippen LogP contribution >= 0.6 is 0 Å². The summed E-state index contributed by atoms with van der Waals surface area (Å²) >= 11 is 0. The van der Waals surface area contributed by atoms with Crippen molar-refractivity contribution in [2.75, 3.05) is 33.7 Å².